The van der Waals surface area contributed by atoms with Gasteiger partial charge in [0.25, 0.3) is 0 Å². The lowest BCUT2D eigenvalue weighted by Gasteiger charge is -2.27. The molecule has 8 nitrogen and oxygen atoms in total. The second kappa shape index (κ2) is 5.57. The fourth-order valence-corrected chi connectivity index (χ4v) is 2.41. The number of fused-ring (bicyclic) bond motifs is 1. The monoisotopic (exact) mass is 294 g/mol. The molecular weight excluding hydrogens is 280 g/mol. The summed E-state index contributed by atoms with van der Waals surface area (Å²) in [5.74, 6) is 0.730. The molecule has 3 aromatic heterocycles. The van der Waals surface area contributed by atoms with Crippen LogP contribution in [0.3, 0.4) is 0 Å². The van der Waals surface area contributed by atoms with E-state index in [2.05, 4.69) is 40.3 Å². The molecule has 1 fully saturated rings. The van der Waals surface area contributed by atoms with Gasteiger partial charge in [0.2, 0.25) is 5.95 Å². The molecule has 0 unspecified atom stereocenters. The Bertz CT molecular complexity index is 799. The summed E-state index contributed by atoms with van der Waals surface area (Å²) in [6.45, 7) is 3.70. The molecule has 4 heterocycles. The number of anilines is 1. The molecule has 0 atom stereocenters. The summed E-state index contributed by atoms with van der Waals surface area (Å²) in [6, 6.07) is 3.63. The maximum atomic E-state index is 4.62. The number of aromatic nitrogens is 6. The van der Waals surface area contributed by atoms with E-state index in [-0.39, 0.29) is 0 Å². The smallest absolute Gasteiger partial charge is 0.225 e. The molecule has 0 saturated carbocycles. The second-order valence-electron chi connectivity index (χ2n) is 4.97. The van der Waals surface area contributed by atoms with Gasteiger partial charge in [-0.25, -0.2) is 19.9 Å². The molecule has 1 N–H and O–H groups in total. The van der Waals surface area contributed by atoms with Crippen molar-refractivity contribution >= 4 is 17.1 Å². The lowest BCUT2D eigenvalue weighted by Crippen LogP contribution is -2.44. The molecule has 4 rings (SSSR count). The van der Waals surface area contributed by atoms with Crippen LogP contribution in [0.25, 0.3) is 22.6 Å². The van der Waals surface area contributed by atoms with Crippen LogP contribution >= 0.6 is 0 Å². The van der Waals surface area contributed by atoms with Crippen molar-refractivity contribution < 1.29 is 0 Å². The van der Waals surface area contributed by atoms with Crippen LogP contribution in [0, 0.1) is 0 Å². The Kier molecular flexibility index (Phi) is 3.28. The van der Waals surface area contributed by atoms with Crippen LogP contribution in [0.2, 0.25) is 0 Å². The molecule has 1 aliphatic heterocycles. The van der Waals surface area contributed by atoms with E-state index in [4.69, 9.17) is 0 Å². The fraction of sp³-hybridized carbons (Fsp3) is 0.286. The van der Waals surface area contributed by atoms with Crippen LogP contribution in [0.15, 0.2) is 30.7 Å². The molecule has 0 bridgehead atoms. The first-order valence-corrected chi connectivity index (χ1v) is 7.14. The molecular formula is C14H14N8. The lowest BCUT2D eigenvalue weighted by molar-refractivity contribution is 0.580. The molecule has 0 aliphatic carbocycles. The quantitative estimate of drug-likeness (QED) is 0.721. The first-order chi connectivity index (χ1) is 10.9. The minimum Gasteiger partial charge on any atom is -0.338 e. The summed E-state index contributed by atoms with van der Waals surface area (Å²) in [7, 11) is 0. The van der Waals surface area contributed by atoms with Crippen molar-refractivity contribution in [3.8, 4) is 11.4 Å². The average Bonchev–Trinajstić information content (AvgIpc) is 2.62. The van der Waals surface area contributed by atoms with Gasteiger partial charge in [-0.05, 0) is 12.1 Å². The van der Waals surface area contributed by atoms with Gasteiger partial charge in [-0.1, -0.05) is 0 Å². The van der Waals surface area contributed by atoms with E-state index in [1.807, 2.05) is 6.07 Å². The third-order valence-electron chi connectivity index (χ3n) is 3.54. The first-order valence-electron chi connectivity index (χ1n) is 7.14. The summed E-state index contributed by atoms with van der Waals surface area (Å²) in [4.78, 5) is 20.0. The molecule has 22 heavy (non-hydrogen) atoms. The lowest BCUT2D eigenvalue weighted by atomic mass is 10.3. The van der Waals surface area contributed by atoms with Gasteiger partial charge in [0.1, 0.15) is 11.2 Å². The number of rotatable bonds is 2. The summed E-state index contributed by atoms with van der Waals surface area (Å²) in [6.07, 6.45) is 5.03. The van der Waals surface area contributed by atoms with Crippen molar-refractivity contribution in [3.63, 3.8) is 0 Å². The number of nitrogens with zero attached hydrogens (tertiary/aromatic N) is 7. The largest absolute Gasteiger partial charge is 0.338 e. The Labute approximate surface area is 126 Å². The van der Waals surface area contributed by atoms with Crippen LogP contribution < -0.4 is 10.2 Å². The minimum atomic E-state index is 0.530. The van der Waals surface area contributed by atoms with Crippen molar-refractivity contribution in [1.82, 2.24) is 35.5 Å². The van der Waals surface area contributed by atoms with Gasteiger partial charge in [-0.2, -0.15) is 5.10 Å². The molecule has 0 amide bonds. The zero-order valence-corrected chi connectivity index (χ0v) is 11.8. The Morgan fingerprint density at radius 3 is 2.77 bits per heavy atom. The predicted octanol–water partition coefficient (Wildman–Crippen LogP) is 0.286. The molecule has 1 saturated heterocycles. The Morgan fingerprint density at radius 2 is 1.86 bits per heavy atom. The van der Waals surface area contributed by atoms with Crippen LogP contribution in [0.5, 0.6) is 0 Å². The SMILES string of the molecule is c1cc2nc(-c3ccnc(N4CCNCC4)n3)cnc2nn1. The number of hydrogen-bond donors (Lipinski definition) is 1. The van der Waals surface area contributed by atoms with Gasteiger partial charge in [0.05, 0.1) is 18.1 Å². The molecule has 1 aliphatic rings. The van der Waals surface area contributed by atoms with E-state index in [0.717, 1.165) is 37.8 Å². The highest BCUT2D eigenvalue weighted by Gasteiger charge is 2.14. The first kappa shape index (κ1) is 13.0. The van der Waals surface area contributed by atoms with Crippen LogP contribution in [0.4, 0.5) is 5.95 Å². The number of piperazine rings is 1. The topological polar surface area (TPSA) is 92.6 Å². The van der Waals surface area contributed by atoms with E-state index in [1.165, 1.54) is 0 Å². The van der Waals surface area contributed by atoms with Gasteiger partial charge in [-0.3, -0.25) is 0 Å². The normalized spacial score (nSPS) is 15.2. The van der Waals surface area contributed by atoms with E-state index < -0.39 is 0 Å². The Hall–Kier alpha value is -2.74. The highest BCUT2D eigenvalue weighted by molar-refractivity contribution is 5.71. The highest BCUT2D eigenvalue weighted by atomic mass is 15.3. The zero-order valence-electron chi connectivity index (χ0n) is 11.8. The molecule has 3 aromatic rings. The summed E-state index contributed by atoms with van der Waals surface area (Å²) in [5.41, 5.74) is 2.70. The standard InChI is InChI=1S/C14H14N8/c1-3-16-14(22-7-5-15-6-8-22)20-10(1)12-9-17-13-11(19-12)2-4-18-21-13/h1-4,9,15H,5-8H2. The molecule has 110 valence electrons. The van der Waals surface area contributed by atoms with Crippen LogP contribution in [-0.2, 0) is 0 Å². The molecule has 0 radical (unpaired) electrons. The van der Waals surface area contributed by atoms with E-state index >= 15 is 0 Å². The zero-order chi connectivity index (χ0) is 14.8. The Morgan fingerprint density at radius 1 is 0.955 bits per heavy atom. The average molecular weight is 294 g/mol. The predicted molar refractivity (Wildman–Crippen MR) is 81.2 cm³/mol. The highest BCUT2D eigenvalue weighted by Crippen LogP contribution is 2.18. The van der Waals surface area contributed by atoms with Crippen LogP contribution in [0.1, 0.15) is 0 Å². The van der Waals surface area contributed by atoms with Gasteiger partial charge in [-0.15, -0.1) is 5.10 Å². The molecule has 8 heteroatoms. The Balaban J connectivity index is 1.71. The van der Waals surface area contributed by atoms with E-state index in [1.54, 1.807) is 24.7 Å². The van der Waals surface area contributed by atoms with Crippen LogP contribution in [-0.4, -0.2) is 56.3 Å². The minimum absolute atomic E-state index is 0.530. The third kappa shape index (κ3) is 2.44. The maximum Gasteiger partial charge on any atom is 0.225 e. The van der Waals surface area contributed by atoms with E-state index in [9.17, 15) is 0 Å². The van der Waals surface area contributed by atoms with E-state index in [0.29, 0.717) is 16.9 Å². The maximum absolute atomic E-state index is 4.62. The summed E-state index contributed by atoms with van der Waals surface area (Å²) >= 11 is 0. The fourth-order valence-electron chi connectivity index (χ4n) is 2.41. The van der Waals surface area contributed by atoms with Crippen molar-refractivity contribution in [2.24, 2.45) is 0 Å². The van der Waals surface area contributed by atoms with Gasteiger partial charge >= 0.3 is 0 Å². The van der Waals surface area contributed by atoms with Gasteiger partial charge in [0.15, 0.2) is 5.65 Å². The summed E-state index contributed by atoms with van der Waals surface area (Å²) in [5, 5.41) is 11.1. The second-order valence-corrected chi connectivity index (χ2v) is 4.97. The molecule has 0 spiro atoms. The number of nitrogens with one attached hydrogen (secondary N) is 1. The number of hydrogen-bond acceptors (Lipinski definition) is 8. The van der Waals surface area contributed by atoms with Gasteiger partial charge in [0, 0.05) is 32.4 Å². The third-order valence-corrected chi connectivity index (χ3v) is 3.54. The molecule has 0 aromatic carbocycles. The van der Waals surface area contributed by atoms with Gasteiger partial charge < -0.3 is 10.2 Å². The van der Waals surface area contributed by atoms with Crippen molar-refractivity contribution in [1.29, 1.82) is 0 Å². The van der Waals surface area contributed by atoms with Crippen molar-refractivity contribution in [2.75, 3.05) is 31.1 Å². The summed E-state index contributed by atoms with van der Waals surface area (Å²) < 4.78 is 0. The van der Waals surface area contributed by atoms with Crippen molar-refractivity contribution in [2.45, 2.75) is 0 Å². The van der Waals surface area contributed by atoms with Crippen molar-refractivity contribution in [3.05, 3.63) is 30.7 Å².